The van der Waals surface area contributed by atoms with Crippen molar-refractivity contribution in [2.24, 2.45) is 17.8 Å². The highest BCUT2D eigenvalue weighted by molar-refractivity contribution is 5.95. The van der Waals surface area contributed by atoms with Crippen LogP contribution >= 0.6 is 0 Å². The van der Waals surface area contributed by atoms with E-state index in [1.54, 1.807) is 14.2 Å². The Labute approximate surface area is 285 Å². The SMILES string of the molecule is COc1ccc(C2CCC(CN(C(=O)C3CCC(NC(=O)C4CC(OC)C4)CC3)c3cccc(-c4cnn(C5CC5)c4)c3)CC2)cc1C. The lowest BCUT2D eigenvalue weighted by atomic mass is 9.78. The van der Waals surface area contributed by atoms with Crippen LogP contribution in [0.4, 0.5) is 5.69 Å². The van der Waals surface area contributed by atoms with Gasteiger partial charge in [-0.1, -0.05) is 24.3 Å². The maximum Gasteiger partial charge on any atom is 0.230 e. The first-order valence-electron chi connectivity index (χ1n) is 18.3. The van der Waals surface area contributed by atoms with Gasteiger partial charge in [0.1, 0.15) is 5.75 Å². The Morgan fingerprint density at radius 1 is 0.896 bits per heavy atom. The number of carbonyl (C=O) groups is 2. The van der Waals surface area contributed by atoms with Crippen LogP contribution in [0, 0.1) is 24.7 Å². The average Bonchev–Trinajstić information content (AvgIpc) is 3.82. The summed E-state index contributed by atoms with van der Waals surface area (Å²) >= 11 is 0. The van der Waals surface area contributed by atoms with E-state index in [9.17, 15) is 9.59 Å². The molecule has 4 aliphatic carbocycles. The van der Waals surface area contributed by atoms with E-state index in [0.29, 0.717) is 17.9 Å². The van der Waals surface area contributed by atoms with Gasteiger partial charge in [-0.05, 0) is 131 Å². The first-order valence-corrected chi connectivity index (χ1v) is 18.3. The molecular weight excluding hydrogens is 600 g/mol. The minimum absolute atomic E-state index is 0.0281. The van der Waals surface area contributed by atoms with Crippen molar-refractivity contribution in [3.8, 4) is 16.9 Å². The first kappa shape index (κ1) is 32.9. The number of aromatic nitrogens is 2. The number of anilines is 1. The molecule has 1 N–H and O–H groups in total. The number of aryl methyl sites for hydroxylation is 1. The maximum absolute atomic E-state index is 14.5. The van der Waals surface area contributed by atoms with Gasteiger partial charge >= 0.3 is 0 Å². The molecule has 8 nitrogen and oxygen atoms in total. The second kappa shape index (κ2) is 14.5. The summed E-state index contributed by atoms with van der Waals surface area (Å²) in [6.07, 6.45) is 16.2. The monoisotopic (exact) mass is 652 g/mol. The zero-order chi connectivity index (χ0) is 33.2. The summed E-state index contributed by atoms with van der Waals surface area (Å²) < 4.78 is 12.9. The molecular formula is C40H52N4O4. The molecule has 1 heterocycles. The lowest BCUT2D eigenvalue weighted by Crippen LogP contribution is -2.48. The van der Waals surface area contributed by atoms with Gasteiger partial charge in [0.15, 0.2) is 0 Å². The number of carbonyl (C=O) groups excluding carboxylic acids is 2. The number of hydrogen-bond donors (Lipinski definition) is 1. The minimum Gasteiger partial charge on any atom is -0.496 e. The van der Waals surface area contributed by atoms with Crippen molar-refractivity contribution in [3.05, 3.63) is 66.0 Å². The van der Waals surface area contributed by atoms with Gasteiger partial charge in [0.2, 0.25) is 11.8 Å². The van der Waals surface area contributed by atoms with Gasteiger partial charge < -0.3 is 19.7 Å². The predicted octanol–water partition coefficient (Wildman–Crippen LogP) is 7.61. The highest BCUT2D eigenvalue weighted by atomic mass is 16.5. The zero-order valence-electron chi connectivity index (χ0n) is 28.9. The predicted molar refractivity (Wildman–Crippen MR) is 188 cm³/mol. The summed E-state index contributed by atoms with van der Waals surface area (Å²) in [5, 5.41) is 7.91. The number of amides is 2. The molecule has 48 heavy (non-hydrogen) atoms. The third-order valence-electron chi connectivity index (χ3n) is 11.7. The van der Waals surface area contributed by atoms with Gasteiger partial charge in [0.25, 0.3) is 0 Å². The van der Waals surface area contributed by atoms with Crippen molar-refractivity contribution < 1.29 is 19.1 Å². The molecule has 3 aromatic rings. The number of rotatable bonds is 11. The van der Waals surface area contributed by atoms with Crippen LogP contribution in [0.5, 0.6) is 5.75 Å². The first-order chi connectivity index (χ1) is 23.4. The van der Waals surface area contributed by atoms with Crippen LogP contribution in [0.25, 0.3) is 11.1 Å². The van der Waals surface area contributed by atoms with Crippen LogP contribution in [0.15, 0.2) is 54.9 Å². The number of ether oxygens (including phenoxy) is 2. The molecule has 0 saturated heterocycles. The quantitative estimate of drug-likeness (QED) is 0.231. The molecule has 0 aliphatic heterocycles. The fraction of sp³-hybridized carbons (Fsp3) is 0.575. The van der Waals surface area contributed by atoms with Crippen LogP contribution in [-0.4, -0.2) is 54.5 Å². The normalized spacial score (nSPS) is 27.1. The standard InChI is InChI=1S/C40H52N4O4/c1-26-19-31(13-18-38(26)48-3)28-9-7-27(8-10-28)24-43(36-6-4-5-30(20-36)33-23-41-44(25-33)35-16-17-35)40(46)29-11-14-34(15-12-29)42-39(45)32-21-37(22-32)47-2/h4-6,13,18-20,23,25,27-29,32,34-35,37H,7-12,14-17,21-22,24H2,1-3H3,(H,42,45). The van der Waals surface area contributed by atoms with Gasteiger partial charge in [-0.3, -0.25) is 14.3 Å². The molecule has 7 rings (SSSR count). The Morgan fingerprint density at radius 3 is 2.35 bits per heavy atom. The number of benzene rings is 2. The molecule has 256 valence electrons. The zero-order valence-corrected chi connectivity index (χ0v) is 28.9. The van der Waals surface area contributed by atoms with Crippen molar-refractivity contribution in [1.82, 2.24) is 15.1 Å². The van der Waals surface area contributed by atoms with Crippen molar-refractivity contribution in [3.63, 3.8) is 0 Å². The fourth-order valence-corrected chi connectivity index (χ4v) is 8.29. The smallest absolute Gasteiger partial charge is 0.230 e. The molecule has 2 amide bonds. The lowest BCUT2D eigenvalue weighted by molar-refractivity contribution is -0.133. The Bertz CT molecular complexity index is 1580. The molecule has 4 saturated carbocycles. The van der Waals surface area contributed by atoms with E-state index < -0.39 is 0 Å². The topological polar surface area (TPSA) is 85.7 Å². The highest BCUT2D eigenvalue weighted by Crippen LogP contribution is 2.40. The number of hydrogen-bond acceptors (Lipinski definition) is 5. The summed E-state index contributed by atoms with van der Waals surface area (Å²) in [6.45, 7) is 2.87. The molecule has 8 heteroatoms. The number of nitrogens with zero attached hydrogens (tertiary/aromatic N) is 3. The van der Waals surface area contributed by atoms with E-state index in [-0.39, 0.29) is 35.8 Å². The van der Waals surface area contributed by atoms with Crippen molar-refractivity contribution in [2.75, 3.05) is 25.7 Å². The Balaban J connectivity index is 1.03. The summed E-state index contributed by atoms with van der Waals surface area (Å²) in [5.74, 6) is 2.38. The molecule has 1 aromatic heterocycles. The molecule has 0 atom stereocenters. The lowest BCUT2D eigenvalue weighted by Gasteiger charge is -2.37. The van der Waals surface area contributed by atoms with Gasteiger partial charge in [-0.2, -0.15) is 5.10 Å². The Kier molecular flexibility index (Phi) is 9.90. The second-order valence-electron chi connectivity index (χ2n) is 15.0. The van der Waals surface area contributed by atoms with Crippen molar-refractivity contribution in [2.45, 2.75) is 108 Å². The van der Waals surface area contributed by atoms with Crippen LogP contribution < -0.4 is 15.0 Å². The van der Waals surface area contributed by atoms with E-state index in [0.717, 1.165) is 93.3 Å². The maximum atomic E-state index is 14.5. The largest absolute Gasteiger partial charge is 0.496 e. The number of methoxy groups -OCH3 is 2. The van der Waals surface area contributed by atoms with Crippen LogP contribution in [-0.2, 0) is 14.3 Å². The summed E-state index contributed by atoms with van der Waals surface area (Å²) in [4.78, 5) is 29.4. The van der Waals surface area contributed by atoms with E-state index >= 15 is 0 Å². The van der Waals surface area contributed by atoms with E-state index in [4.69, 9.17) is 9.47 Å². The van der Waals surface area contributed by atoms with Gasteiger partial charge in [0, 0.05) is 49.0 Å². The van der Waals surface area contributed by atoms with Crippen molar-refractivity contribution >= 4 is 17.5 Å². The number of nitrogens with one attached hydrogen (secondary N) is 1. The molecule has 0 bridgehead atoms. The molecule has 0 unspecified atom stereocenters. The molecule has 4 aliphatic rings. The van der Waals surface area contributed by atoms with Crippen molar-refractivity contribution in [1.29, 1.82) is 0 Å². The second-order valence-corrected chi connectivity index (χ2v) is 15.0. The fourth-order valence-electron chi connectivity index (χ4n) is 8.29. The average molecular weight is 653 g/mol. The van der Waals surface area contributed by atoms with Crippen LogP contribution in [0.2, 0.25) is 0 Å². The summed E-state index contributed by atoms with van der Waals surface area (Å²) in [7, 11) is 3.45. The van der Waals surface area contributed by atoms with E-state index in [1.807, 2.05) is 6.20 Å². The Hall–Kier alpha value is -3.65. The highest BCUT2D eigenvalue weighted by Gasteiger charge is 2.37. The van der Waals surface area contributed by atoms with Gasteiger partial charge in [-0.25, -0.2) is 0 Å². The summed E-state index contributed by atoms with van der Waals surface area (Å²) in [6, 6.07) is 15.8. The molecule has 4 fully saturated rings. The minimum atomic E-state index is -0.0281. The van der Waals surface area contributed by atoms with E-state index in [1.165, 1.54) is 24.0 Å². The third kappa shape index (κ3) is 7.34. The van der Waals surface area contributed by atoms with Crippen LogP contribution in [0.3, 0.4) is 0 Å². The summed E-state index contributed by atoms with van der Waals surface area (Å²) in [5.41, 5.74) is 5.78. The van der Waals surface area contributed by atoms with E-state index in [2.05, 4.69) is 75.6 Å². The molecule has 0 radical (unpaired) electrons. The third-order valence-corrected chi connectivity index (χ3v) is 11.7. The Morgan fingerprint density at radius 2 is 1.67 bits per heavy atom. The van der Waals surface area contributed by atoms with Gasteiger partial charge in [0.05, 0.1) is 25.5 Å². The van der Waals surface area contributed by atoms with Crippen LogP contribution in [0.1, 0.15) is 100 Å². The van der Waals surface area contributed by atoms with Gasteiger partial charge in [-0.15, -0.1) is 0 Å². The molecule has 2 aromatic carbocycles. The molecule has 0 spiro atoms.